The van der Waals surface area contributed by atoms with Crippen LogP contribution >= 0.6 is 22.6 Å². The highest BCUT2D eigenvalue weighted by Crippen LogP contribution is 2.22. The predicted octanol–water partition coefficient (Wildman–Crippen LogP) is 3.68. The van der Waals surface area contributed by atoms with Gasteiger partial charge >= 0.3 is 10.1 Å². The summed E-state index contributed by atoms with van der Waals surface area (Å²) in [6.07, 6.45) is 0. The van der Waals surface area contributed by atoms with E-state index in [-0.39, 0.29) is 4.90 Å². The molecule has 2 rings (SSSR count). The Hall–Kier alpha value is -1.08. The maximum absolute atomic E-state index is 12.1. The van der Waals surface area contributed by atoms with Gasteiger partial charge in [-0.3, -0.25) is 0 Å². The molecule has 0 atom stereocenters. The minimum Gasteiger partial charge on any atom is -0.379 e. The molecule has 100 valence electrons. The van der Waals surface area contributed by atoms with Crippen molar-refractivity contribution >= 4 is 32.7 Å². The second kappa shape index (κ2) is 5.50. The molecule has 0 spiro atoms. The Bertz CT molecular complexity index is 691. The number of halogens is 1. The number of benzene rings is 2. The first-order chi connectivity index (χ1) is 8.88. The van der Waals surface area contributed by atoms with E-state index in [1.807, 2.05) is 19.9 Å². The Labute approximate surface area is 126 Å². The molecule has 0 aliphatic rings. The first kappa shape index (κ1) is 14.3. The molecule has 0 saturated carbocycles. The molecule has 0 N–H and O–H groups in total. The summed E-state index contributed by atoms with van der Waals surface area (Å²) in [7, 11) is -3.76. The molecule has 0 saturated heterocycles. The van der Waals surface area contributed by atoms with Crippen LogP contribution in [0.5, 0.6) is 5.75 Å². The Morgan fingerprint density at radius 3 is 2.21 bits per heavy atom. The van der Waals surface area contributed by atoms with Crippen LogP contribution in [-0.4, -0.2) is 8.42 Å². The first-order valence-corrected chi connectivity index (χ1v) is 8.14. The van der Waals surface area contributed by atoms with E-state index in [9.17, 15) is 8.42 Å². The van der Waals surface area contributed by atoms with Crippen molar-refractivity contribution in [2.45, 2.75) is 18.7 Å². The van der Waals surface area contributed by atoms with E-state index in [1.54, 1.807) is 36.4 Å². The van der Waals surface area contributed by atoms with Gasteiger partial charge in [0, 0.05) is 3.57 Å². The van der Waals surface area contributed by atoms with Gasteiger partial charge in [0.15, 0.2) is 0 Å². The molecule has 2 aromatic rings. The summed E-state index contributed by atoms with van der Waals surface area (Å²) in [5.41, 5.74) is 1.99. The highest BCUT2D eigenvalue weighted by Gasteiger charge is 2.16. The van der Waals surface area contributed by atoms with Crippen molar-refractivity contribution in [3.63, 3.8) is 0 Å². The van der Waals surface area contributed by atoms with E-state index in [2.05, 4.69) is 22.6 Å². The quantitative estimate of drug-likeness (QED) is 0.595. The van der Waals surface area contributed by atoms with Crippen molar-refractivity contribution in [3.05, 3.63) is 57.2 Å². The zero-order valence-corrected chi connectivity index (χ0v) is 13.5. The average molecular weight is 388 g/mol. The molecule has 5 heteroatoms. The first-order valence-electron chi connectivity index (χ1n) is 5.66. The van der Waals surface area contributed by atoms with Crippen molar-refractivity contribution in [2.24, 2.45) is 0 Å². The van der Waals surface area contributed by atoms with Crippen molar-refractivity contribution < 1.29 is 12.6 Å². The van der Waals surface area contributed by atoms with Crippen LogP contribution in [0.3, 0.4) is 0 Å². The summed E-state index contributed by atoms with van der Waals surface area (Å²) in [6, 6.07) is 11.8. The lowest BCUT2D eigenvalue weighted by Crippen LogP contribution is -2.09. The molecular formula is C14H13IO3S. The maximum atomic E-state index is 12.1. The van der Waals surface area contributed by atoms with Crippen molar-refractivity contribution in [1.29, 1.82) is 0 Å². The van der Waals surface area contributed by atoms with Gasteiger partial charge in [-0.15, -0.1) is 0 Å². The molecular weight excluding hydrogens is 375 g/mol. The topological polar surface area (TPSA) is 43.4 Å². The largest absolute Gasteiger partial charge is 0.379 e. The molecule has 0 radical (unpaired) electrons. The zero-order valence-electron chi connectivity index (χ0n) is 10.6. The second-order valence-corrected chi connectivity index (χ2v) is 6.97. The molecule has 19 heavy (non-hydrogen) atoms. The van der Waals surface area contributed by atoms with E-state index in [0.717, 1.165) is 14.7 Å². The van der Waals surface area contributed by atoms with Crippen LogP contribution in [0.4, 0.5) is 0 Å². The molecule has 0 aliphatic heterocycles. The molecule has 0 fully saturated rings. The lowest BCUT2D eigenvalue weighted by Gasteiger charge is -2.08. The minimum atomic E-state index is -3.76. The number of aryl methyl sites for hydroxylation is 2. The smallest absolute Gasteiger partial charge is 0.339 e. The fourth-order valence-corrected chi connectivity index (χ4v) is 2.81. The van der Waals surface area contributed by atoms with Crippen LogP contribution in [0.1, 0.15) is 11.1 Å². The summed E-state index contributed by atoms with van der Waals surface area (Å²) in [4.78, 5) is 0.161. The predicted molar refractivity (Wildman–Crippen MR) is 82.9 cm³/mol. The Morgan fingerprint density at radius 1 is 1.00 bits per heavy atom. The fourth-order valence-electron chi connectivity index (χ4n) is 1.55. The summed E-state index contributed by atoms with van der Waals surface area (Å²) < 4.78 is 30.4. The van der Waals surface area contributed by atoms with Gasteiger partial charge in [0.2, 0.25) is 0 Å². The average Bonchev–Trinajstić information content (AvgIpc) is 2.34. The summed E-state index contributed by atoms with van der Waals surface area (Å²) in [5.74, 6) is 0.332. The van der Waals surface area contributed by atoms with Gasteiger partial charge < -0.3 is 4.18 Å². The van der Waals surface area contributed by atoms with Gasteiger partial charge in [0.05, 0.1) is 0 Å². The summed E-state index contributed by atoms with van der Waals surface area (Å²) in [6.45, 7) is 3.81. The third-order valence-electron chi connectivity index (χ3n) is 2.65. The van der Waals surface area contributed by atoms with E-state index in [1.165, 1.54) is 0 Å². The second-order valence-electron chi connectivity index (χ2n) is 4.26. The molecule has 0 amide bonds. The van der Waals surface area contributed by atoms with Gasteiger partial charge in [0.1, 0.15) is 10.6 Å². The number of hydrogen-bond donors (Lipinski definition) is 0. The van der Waals surface area contributed by atoms with E-state index < -0.39 is 10.1 Å². The van der Waals surface area contributed by atoms with Gasteiger partial charge in [-0.2, -0.15) is 8.42 Å². The molecule has 0 unspecified atom stereocenters. The SMILES string of the molecule is Cc1ccc(S(=O)(=O)Oc2ccc(I)c(C)c2)cc1. The summed E-state index contributed by atoms with van der Waals surface area (Å²) >= 11 is 2.19. The standard InChI is InChI=1S/C14H13IO3S/c1-10-3-6-13(7-4-10)19(16,17)18-12-5-8-14(15)11(2)9-12/h3-9H,1-2H3. The monoisotopic (exact) mass is 388 g/mol. The molecule has 0 aromatic heterocycles. The summed E-state index contributed by atoms with van der Waals surface area (Å²) in [5, 5.41) is 0. The third kappa shape index (κ3) is 3.48. The molecule has 0 aliphatic carbocycles. The molecule has 3 nitrogen and oxygen atoms in total. The normalized spacial score (nSPS) is 11.3. The Morgan fingerprint density at radius 2 is 1.63 bits per heavy atom. The van der Waals surface area contributed by atoms with Crippen molar-refractivity contribution in [1.82, 2.24) is 0 Å². The van der Waals surface area contributed by atoms with Crippen LogP contribution in [0.15, 0.2) is 47.4 Å². The van der Waals surface area contributed by atoms with Crippen LogP contribution in [0.2, 0.25) is 0 Å². The maximum Gasteiger partial charge on any atom is 0.339 e. The zero-order chi connectivity index (χ0) is 14.0. The van der Waals surface area contributed by atoms with E-state index in [4.69, 9.17) is 4.18 Å². The van der Waals surface area contributed by atoms with Gasteiger partial charge in [0.25, 0.3) is 0 Å². The number of rotatable bonds is 3. The van der Waals surface area contributed by atoms with Crippen LogP contribution < -0.4 is 4.18 Å². The lowest BCUT2D eigenvalue weighted by atomic mass is 10.2. The number of hydrogen-bond acceptors (Lipinski definition) is 3. The Balaban J connectivity index is 2.30. The molecule has 0 bridgehead atoms. The van der Waals surface area contributed by atoms with Crippen molar-refractivity contribution in [3.8, 4) is 5.75 Å². The highest BCUT2D eigenvalue weighted by molar-refractivity contribution is 14.1. The van der Waals surface area contributed by atoms with E-state index >= 15 is 0 Å². The third-order valence-corrected chi connectivity index (χ3v) is 5.12. The van der Waals surface area contributed by atoms with Crippen LogP contribution in [0, 0.1) is 17.4 Å². The van der Waals surface area contributed by atoms with Gasteiger partial charge in [-0.25, -0.2) is 0 Å². The highest BCUT2D eigenvalue weighted by atomic mass is 127. The molecule has 2 aromatic carbocycles. The van der Waals surface area contributed by atoms with Gasteiger partial charge in [-0.1, -0.05) is 17.7 Å². The van der Waals surface area contributed by atoms with Crippen LogP contribution in [0.25, 0.3) is 0 Å². The lowest BCUT2D eigenvalue weighted by molar-refractivity contribution is 0.486. The van der Waals surface area contributed by atoms with Crippen LogP contribution in [-0.2, 0) is 10.1 Å². The van der Waals surface area contributed by atoms with Gasteiger partial charge in [-0.05, 0) is 72.3 Å². The van der Waals surface area contributed by atoms with Crippen molar-refractivity contribution in [2.75, 3.05) is 0 Å². The molecule has 0 heterocycles. The fraction of sp³-hybridized carbons (Fsp3) is 0.143. The minimum absolute atomic E-state index is 0.161. The Kier molecular flexibility index (Phi) is 4.15. The van der Waals surface area contributed by atoms with E-state index in [0.29, 0.717) is 5.75 Å².